The molecule has 0 bridgehead atoms. The Labute approximate surface area is 364 Å². The molecule has 0 aromatic heterocycles. The molecule has 0 amide bonds. The number of aliphatic hydroxyl groups is 1. The lowest BCUT2D eigenvalue weighted by Gasteiger charge is -2.19. The predicted molar refractivity (Wildman–Crippen MR) is 245 cm³/mol. The highest BCUT2D eigenvalue weighted by Crippen LogP contribution is 2.23. The van der Waals surface area contributed by atoms with E-state index in [4.69, 9.17) is 24.1 Å². The van der Waals surface area contributed by atoms with Gasteiger partial charge in [0.05, 0.1) is 26.4 Å². The summed E-state index contributed by atoms with van der Waals surface area (Å²) in [4.78, 5) is 39.5. The second kappa shape index (κ2) is 44.3. The van der Waals surface area contributed by atoms with Crippen LogP contribution in [-0.4, -0.2) is 87.2 Å². The molecule has 0 aliphatic carbocycles. The van der Waals surface area contributed by atoms with Gasteiger partial charge in [-0.3, -0.25) is 9.59 Å². The van der Waals surface area contributed by atoms with Crippen molar-refractivity contribution in [2.24, 2.45) is 11.8 Å². The van der Waals surface area contributed by atoms with Gasteiger partial charge in [0, 0.05) is 25.9 Å². The van der Waals surface area contributed by atoms with Crippen LogP contribution in [0.1, 0.15) is 233 Å². The largest absolute Gasteiger partial charge is 0.466 e. The Morgan fingerprint density at radius 3 is 1.25 bits per heavy atom. The molecule has 0 unspecified atom stereocenters. The summed E-state index contributed by atoms with van der Waals surface area (Å²) in [5.41, 5.74) is 0. The van der Waals surface area contributed by atoms with Crippen LogP contribution in [0.2, 0.25) is 0 Å². The quantitative estimate of drug-likeness (QED) is 0.0364. The van der Waals surface area contributed by atoms with E-state index >= 15 is 0 Å². The summed E-state index contributed by atoms with van der Waals surface area (Å²) in [6.07, 6.45) is 34.6. The van der Waals surface area contributed by atoms with Crippen LogP contribution in [0.5, 0.6) is 0 Å². The second-order valence-corrected chi connectivity index (χ2v) is 17.5. The van der Waals surface area contributed by atoms with E-state index in [1.165, 1.54) is 103 Å². The van der Waals surface area contributed by atoms with Crippen molar-refractivity contribution in [3.63, 3.8) is 0 Å². The van der Waals surface area contributed by atoms with Crippen molar-refractivity contribution in [3.05, 3.63) is 0 Å². The molecule has 0 fully saturated rings. The summed E-state index contributed by atoms with van der Waals surface area (Å²) in [7, 11) is 1.91. The molecule has 0 atom stereocenters. The van der Waals surface area contributed by atoms with Gasteiger partial charge in [0.15, 0.2) is 0 Å². The summed E-state index contributed by atoms with van der Waals surface area (Å²) < 4.78 is 22.7. The highest BCUT2D eigenvalue weighted by molar-refractivity contribution is 5.71. The van der Waals surface area contributed by atoms with Crippen LogP contribution in [0.25, 0.3) is 0 Å². The topological polar surface area (TPSA) is 112 Å². The maximum absolute atomic E-state index is 12.7. The Kier molecular flexibility index (Phi) is 43.1. The van der Waals surface area contributed by atoms with Gasteiger partial charge >= 0.3 is 17.9 Å². The third kappa shape index (κ3) is 40.1. The van der Waals surface area contributed by atoms with Crippen LogP contribution in [0.15, 0.2) is 0 Å². The smallest absolute Gasteiger partial charge is 0.332 e. The molecular weight excluding hydrogens is 743 g/mol. The maximum atomic E-state index is 12.7. The van der Waals surface area contributed by atoms with Gasteiger partial charge in [-0.25, -0.2) is 4.79 Å². The average molecular weight is 840 g/mol. The Morgan fingerprint density at radius 2 is 0.847 bits per heavy atom. The van der Waals surface area contributed by atoms with Crippen LogP contribution in [0.4, 0.5) is 0 Å². The monoisotopic (exact) mass is 840 g/mol. The number of carbonyl (C=O) groups is 3. The second-order valence-electron chi connectivity index (χ2n) is 17.5. The minimum atomic E-state index is -0.321. The molecule has 9 heteroatoms. The number of ether oxygens (including phenoxy) is 4. The maximum Gasteiger partial charge on any atom is 0.332 e. The molecule has 0 aromatic carbocycles. The van der Waals surface area contributed by atoms with Crippen LogP contribution < -0.4 is 0 Å². The van der Waals surface area contributed by atoms with Crippen LogP contribution in [-0.2, 0) is 33.3 Å². The Bertz CT molecular complexity index is 857. The molecule has 0 heterocycles. The van der Waals surface area contributed by atoms with Crippen molar-refractivity contribution < 1.29 is 38.4 Å². The Balaban J connectivity index is 4.48. The van der Waals surface area contributed by atoms with Crippen molar-refractivity contribution in [2.75, 3.05) is 53.2 Å². The van der Waals surface area contributed by atoms with Crippen molar-refractivity contribution in [1.29, 1.82) is 0 Å². The predicted octanol–water partition coefficient (Wildman–Crippen LogP) is 12.7. The highest BCUT2D eigenvalue weighted by Gasteiger charge is 2.16. The number of rotatable bonds is 46. The molecule has 0 radical (unpaired) electrons. The Morgan fingerprint density at radius 1 is 0.458 bits per heavy atom. The fourth-order valence-electron chi connectivity index (χ4n) is 7.91. The van der Waals surface area contributed by atoms with Gasteiger partial charge in [0.2, 0.25) is 0 Å². The van der Waals surface area contributed by atoms with E-state index in [0.717, 1.165) is 89.9 Å². The van der Waals surface area contributed by atoms with Crippen LogP contribution >= 0.6 is 0 Å². The standard InChI is InChI=1S/C50H97NO8/c1-6-10-20-28-45(29-21-11-7-2)36-41-57-48(53)34-26-18-14-16-24-32-47(59-50(55)44-56-43-39-51(5)38-40-52)33-25-17-15-19-27-35-49(54)58-42-37-46(30-22-12-8-3)31-23-13-9-4/h45-47,52H,6-44H2,1-5H3. The lowest BCUT2D eigenvalue weighted by Crippen LogP contribution is -2.28. The molecule has 0 spiro atoms. The molecule has 0 aromatic rings. The first-order valence-corrected chi connectivity index (χ1v) is 25.2. The lowest BCUT2D eigenvalue weighted by molar-refractivity contribution is -0.155. The first-order chi connectivity index (χ1) is 28.8. The summed E-state index contributed by atoms with van der Waals surface area (Å²) in [6.45, 7) is 11.8. The van der Waals surface area contributed by atoms with E-state index in [2.05, 4.69) is 27.7 Å². The first kappa shape index (κ1) is 57.3. The van der Waals surface area contributed by atoms with Gasteiger partial charge in [-0.1, -0.05) is 169 Å². The van der Waals surface area contributed by atoms with Crippen molar-refractivity contribution in [2.45, 2.75) is 239 Å². The van der Waals surface area contributed by atoms with Crippen molar-refractivity contribution >= 4 is 17.9 Å². The lowest BCUT2D eigenvalue weighted by atomic mass is 9.92. The van der Waals surface area contributed by atoms with Crippen molar-refractivity contribution in [1.82, 2.24) is 4.90 Å². The zero-order valence-corrected chi connectivity index (χ0v) is 39.6. The summed E-state index contributed by atoms with van der Waals surface area (Å²) >= 11 is 0. The van der Waals surface area contributed by atoms with Gasteiger partial charge in [0.1, 0.15) is 12.7 Å². The molecule has 350 valence electrons. The van der Waals surface area contributed by atoms with Gasteiger partial charge in [-0.05, 0) is 70.3 Å². The highest BCUT2D eigenvalue weighted by atomic mass is 16.6. The van der Waals surface area contributed by atoms with Gasteiger partial charge in [-0.2, -0.15) is 0 Å². The van der Waals surface area contributed by atoms with Crippen molar-refractivity contribution in [3.8, 4) is 0 Å². The fourth-order valence-corrected chi connectivity index (χ4v) is 7.91. The van der Waals surface area contributed by atoms with Gasteiger partial charge in [0.25, 0.3) is 0 Å². The molecule has 0 rings (SSSR count). The van der Waals surface area contributed by atoms with Crippen LogP contribution in [0.3, 0.4) is 0 Å². The van der Waals surface area contributed by atoms with E-state index in [9.17, 15) is 14.4 Å². The number of hydrogen-bond acceptors (Lipinski definition) is 9. The molecule has 0 aliphatic heterocycles. The number of nitrogens with zero attached hydrogens (tertiary/aromatic N) is 1. The molecule has 1 N–H and O–H groups in total. The Hall–Kier alpha value is -1.71. The SMILES string of the molecule is CCCCCC(CCCCC)CCOC(=O)CCCCCCCC(CCCCCCCC(=O)OCCC(CCCCC)CCCCC)OC(=O)COCCN(C)CCO. The minimum absolute atomic E-state index is 0.0604. The molecule has 0 saturated carbocycles. The summed E-state index contributed by atoms with van der Waals surface area (Å²) in [5, 5.41) is 9.08. The number of unbranched alkanes of at least 4 members (excludes halogenated alkanes) is 16. The summed E-state index contributed by atoms with van der Waals surface area (Å²) in [5.74, 6) is 0.912. The number of hydrogen-bond donors (Lipinski definition) is 1. The van der Waals surface area contributed by atoms with E-state index in [1.54, 1.807) is 0 Å². The number of aliphatic hydroxyl groups excluding tert-OH is 1. The molecule has 9 nitrogen and oxygen atoms in total. The van der Waals surface area contributed by atoms with Crippen LogP contribution in [0, 0.1) is 11.8 Å². The van der Waals surface area contributed by atoms with E-state index < -0.39 is 0 Å². The fraction of sp³-hybridized carbons (Fsp3) is 0.940. The zero-order chi connectivity index (χ0) is 43.4. The number of esters is 3. The third-order valence-corrected chi connectivity index (χ3v) is 11.9. The molecule has 0 saturated heterocycles. The van der Waals surface area contributed by atoms with E-state index in [0.29, 0.717) is 57.6 Å². The summed E-state index contributed by atoms with van der Waals surface area (Å²) in [6, 6.07) is 0. The normalized spacial score (nSPS) is 11.7. The number of carbonyl (C=O) groups excluding carboxylic acids is 3. The van der Waals surface area contributed by atoms with Gasteiger partial charge < -0.3 is 29.0 Å². The number of likely N-dealkylation sites (N-methyl/N-ethyl adjacent to an activating group) is 1. The first-order valence-electron chi connectivity index (χ1n) is 25.2. The zero-order valence-electron chi connectivity index (χ0n) is 39.6. The minimum Gasteiger partial charge on any atom is -0.466 e. The third-order valence-electron chi connectivity index (χ3n) is 11.9. The molecule has 0 aliphatic rings. The van der Waals surface area contributed by atoms with Gasteiger partial charge in [-0.15, -0.1) is 0 Å². The van der Waals surface area contributed by atoms with E-state index in [-0.39, 0.29) is 37.2 Å². The molecule has 59 heavy (non-hydrogen) atoms. The average Bonchev–Trinajstić information content (AvgIpc) is 3.21. The van der Waals surface area contributed by atoms with E-state index in [1.807, 2.05) is 11.9 Å². The molecular formula is C50H97NO8.